The number of nitriles is 1. The first-order valence-corrected chi connectivity index (χ1v) is 20.1. The summed E-state index contributed by atoms with van der Waals surface area (Å²) in [5, 5.41) is 12.3. The molecule has 0 N–H and O–H groups in total. The van der Waals surface area contributed by atoms with E-state index in [4.69, 9.17) is 0 Å². The molecule has 0 saturated carbocycles. The molecule has 0 radical (unpaired) electrons. The molecular formula is C55H47N5. The van der Waals surface area contributed by atoms with Gasteiger partial charge in [0.15, 0.2) is 0 Å². The highest BCUT2D eigenvalue weighted by atomic mass is 15.1. The zero-order chi connectivity index (χ0) is 41.4. The van der Waals surface area contributed by atoms with E-state index in [2.05, 4.69) is 242 Å². The van der Waals surface area contributed by atoms with Crippen LogP contribution in [-0.2, 0) is 0 Å². The molecular weight excluding hydrogens is 731 g/mol. The minimum atomic E-state index is 0.669. The Kier molecular flexibility index (Phi) is 11.6. The summed E-state index contributed by atoms with van der Waals surface area (Å²) in [5.41, 5.74) is 13.6. The molecule has 0 aliphatic heterocycles. The Hall–Kier alpha value is -7.81. The highest BCUT2D eigenvalue weighted by Crippen LogP contribution is 2.37. The molecule has 0 atom stereocenters. The van der Waals surface area contributed by atoms with Gasteiger partial charge < -0.3 is 19.6 Å². The number of hydrogen-bond acceptors (Lipinski definition) is 5. The number of benzene rings is 8. The van der Waals surface area contributed by atoms with Crippen LogP contribution in [0.5, 0.6) is 0 Å². The summed E-state index contributed by atoms with van der Waals surface area (Å²) in [7, 11) is 8.22. The van der Waals surface area contributed by atoms with Gasteiger partial charge in [0.05, 0.1) is 5.56 Å². The molecule has 0 heterocycles. The molecule has 0 spiro atoms. The molecule has 0 fully saturated rings. The summed E-state index contributed by atoms with van der Waals surface area (Å²) in [6, 6.07) is 68.2. The monoisotopic (exact) mass is 777 g/mol. The fourth-order valence-corrected chi connectivity index (χ4v) is 7.43. The summed E-state index contributed by atoms with van der Waals surface area (Å²) in [6.07, 6.45) is 8.38. The number of anilines is 8. The quantitative estimate of drug-likeness (QED) is 0.116. The second kappa shape index (κ2) is 17.8. The van der Waals surface area contributed by atoms with E-state index in [9.17, 15) is 5.26 Å². The topological polar surface area (TPSA) is 36.8 Å². The van der Waals surface area contributed by atoms with Gasteiger partial charge in [-0.25, -0.2) is 0 Å². The van der Waals surface area contributed by atoms with Gasteiger partial charge in [0.25, 0.3) is 0 Å². The first kappa shape index (κ1) is 39.0. The van der Waals surface area contributed by atoms with Crippen molar-refractivity contribution in [2.24, 2.45) is 0 Å². The lowest BCUT2D eigenvalue weighted by Gasteiger charge is -2.26. The van der Waals surface area contributed by atoms with Crippen molar-refractivity contribution in [3.63, 3.8) is 0 Å². The largest absolute Gasteiger partial charge is 0.378 e. The van der Waals surface area contributed by atoms with E-state index in [1.54, 1.807) is 0 Å². The van der Waals surface area contributed by atoms with E-state index >= 15 is 0 Å². The molecule has 8 rings (SSSR count). The minimum Gasteiger partial charge on any atom is -0.378 e. The molecule has 0 unspecified atom stereocenters. The maximum Gasteiger partial charge on any atom is 0.100 e. The summed E-state index contributed by atoms with van der Waals surface area (Å²) in [4.78, 5) is 8.75. The van der Waals surface area contributed by atoms with Crippen molar-refractivity contribution in [3.05, 3.63) is 216 Å². The lowest BCUT2D eigenvalue weighted by atomic mass is 9.97. The SMILES string of the molecule is CN(C)c1ccc(N(c2ccccc2)c2ccc(/C=C/c3ccc4c(C#N)c(/C=C/c5ccc(N(c6ccccc6)c6ccc(N(C)C)cc6)cc5)ccc4c3)cc2)cc1. The normalized spacial score (nSPS) is 11.2. The fraction of sp³-hybridized carbons (Fsp3) is 0.0727. The Bertz CT molecular complexity index is 2780. The van der Waals surface area contributed by atoms with Crippen LogP contribution in [0, 0.1) is 11.3 Å². The molecule has 292 valence electrons. The van der Waals surface area contributed by atoms with Crippen LogP contribution < -0.4 is 19.6 Å². The van der Waals surface area contributed by atoms with Crippen molar-refractivity contribution in [1.82, 2.24) is 0 Å². The van der Waals surface area contributed by atoms with Crippen LogP contribution in [0.1, 0.15) is 27.8 Å². The molecule has 5 nitrogen and oxygen atoms in total. The van der Waals surface area contributed by atoms with Gasteiger partial charge in [0.2, 0.25) is 0 Å². The zero-order valence-electron chi connectivity index (χ0n) is 34.4. The summed E-state index contributed by atoms with van der Waals surface area (Å²) < 4.78 is 0. The molecule has 8 aromatic carbocycles. The van der Waals surface area contributed by atoms with Crippen LogP contribution in [-0.4, -0.2) is 28.2 Å². The van der Waals surface area contributed by atoms with Crippen LogP contribution in [0.4, 0.5) is 45.5 Å². The molecule has 0 aliphatic carbocycles. The van der Waals surface area contributed by atoms with E-state index in [1.807, 2.05) is 24.3 Å². The highest BCUT2D eigenvalue weighted by molar-refractivity contribution is 5.94. The maximum atomic E-state index is 10.3. The van der Waals surface area contributed by atoms with E-state index in [0.29, 0.717) is 5.56 Å². The Balaban J connectivity index is 0.987. The minimum absolute atomic E-state index is 0.669. The third-order valence-electron chi connectivity index (χ3n) is 10.7. The van der Waals surface area contributed by atoms with E-state index in [-0.39, 0.29) is 0 Å². The van der Waals surface area contributed by atoms with Gasteiger partial charge in [-0.15, -0.1) is 0 Å². The molecule has 0 aromatic heterocycles. The number of fused-ring (bicyclic) bond motifs is 1. The second-order valence-electron chi connectivity index (χ2n) is 15.1. The van der Waals surface area contributed by atoms with Crippen molar-refractivity contribution in [1.29, 1.82) is 5.26 Å². The number of rotatable bonds is 12. The van der Waals surface area contributed by atoms with E-state index in [1.165, 1.54) is 0 Å². The van der Waals surface area contributed by atoms with Gasteiger partial charge in [0, 0.05) is 79.1 Å². The van der Waals surface area contributed by atoms with Crippen LogP contribution in [0.2, 0.25) is 0 Å². The predicted octanol–water partition coefficient (Wildman–Crippen LogP) is 14.1. The van der Waals surface area contributed by atoms with Gasteiger partial charge >= 0.3 is 0 Å². The van der Waals surface area contributed by atoms with Gasteiger partial charge in [-0.1, -0.05) is 109 Å². The van der Waals surface area contributed by atoms with Crippen LogP contribution in [0.15, 0.2) is 188 Å². The fourth-order valence-electron chi connectivity index (χ4n) is 7.43. The average Bonchev–Trinajstić information content (AvgIpc) is 3.29. The zero-order valence-corrected chi connectivity index (χ0v) is 34.4. The van der Waals surface area contributed by atoms with Crippen LogP contribution in [0.25, 0.3) is 35.1 Å². The molecule has 0 aliphatic rings. The second-order valence-corrected chi connectivity index (χ2v) is 15.1. The lowest BCUT2D eigenvalue weighted by molar-refractivity contribution is 1.13. The first-order valence-electron chi connectivity index (χ1n) is 20.1. The van der Waals surface area contributed by atoms with E-state index < -0.39 is 0 Å². The van der Waals surface area contributed by atoms with Crippen LogP contribution >= 0.6 is 0 Å². The van der Waals surface area contributed by atoms with Crippen molar-refractivity contribution in [3.8, 4) is 6.07 Å². The maximum absolute atomic E-state index is 10.3. The molecule has 8 aromatic rings. The number of para-hydroxylation sites is 2. The Morgan fingerprint density at radius 1 is 0.367 bits per heavy atom. The molecule has 60 heavy (non-hydrogen) atoms. The summed E-state index contributed by atoms with van der Waals surface area (Å²) in [5.74, 6) is 0. The Morgan fingerprint density at radius 3 is 1.17 bits per heavy atom. The summed E-state index contributed by atoms with van der Waals surface area (Å²) >= 11 is 0. The van der Waals surface area contributed by atoms with Gasteiger partial charge in [-0.3, -0.25) is 0 Å². The highest BCUT2D eigenvalue weighted by Gasteiger charge is 2.14. The first-order chi connectivity index (χ1) is 29.3. The van der Waals surface area contributed by atoms with Gasteiger partial charge in [0.1, 0.15) is 6.07 Å². The average molecular weight is 778 g/mol. The standard InChI is InChI=1S/C55H47N5/c1-57(2)46-30-34-52(35-31-46)59(48-11-7-5-8-12-48)50-26-18-41(19-27-50)15-16-43-22-38-54-45(39-43)25-24-44(55(54)40-56)23-17-42-20-28-51(29-21-42)60(49-13-9-6-10-14-49)53-36-32-47(33-37-53)58(3)4/h5-39H,1-4H3/b16-15+,23-17+. The summed E-state index contributed by atoms with van der Waals surface area (Å²) in [6.45, 7) is 0. The van der Waals surface area contributed by atoms with E-state index in [0.717, 1.165) is 78.5 Å². The van der Waals surface area contributed by atoms with Crippen molar-refractivity contribution >= 4 is 80.6 Å². The molecule has 0 saturated heterocycles. The smallest absolute Gasteiger partial charge is 0.100 e. The Labute approximate surface area is 354 Å². The van der Waals surface area contributed by atoms with Crippen molar-refractivity contribution < 1.29 is 0 Å². The number of hydrogen-bond donors (Lipinski definition) is 0. The third kappa shape index (κ3) is 8.69. The molecule has 0 bridgehead atoms. The lowest BCUT2D eigenvalue weighted by Crippen LogP contribution is -2.11. The third-order valence-corrected chi connectivity index (χ3v) is 10.7. The Morgan fingerprint density at radius 2 is 0.733 bits per heavy atom. The molecule has 0 amide bonds. The van der Waals surface area contributed by atoms with Crippen molar-refractivity contribution in [2.45, 2.75) is 0 Å². The number of nitrogens with zero attached hydrogens (tertiary/aromatic N) is 5. The van der Waals surface area contributed by atoms with Crippen LogP contribution in [0.3, 0.4) is 0 Å². The molecule has 5 heteroatoms. The van der Waals surface area contributed by atoms with Gasteiger partial charge in [-0.2, -0.15) is 5.26 Å². The predicted molar refractivity (Wildman–Crippen MR) is 257 cm³/mol. The van der Waals surface area contributed by atoms with Gasteiger partial charge in [-0.05, 0) is 131 Å². The van der Waals surface area contributed by atoms with Crippen molar-refractivity contribution in [2.75, 3.05) is 47.8 Å².